The molecule has 0 heterocycles. The molecule has 2 aromatic carbocycles. The van der Waals surface area contributed by atoms with E-state index in [1.165, 1.54) is 6.07 Å². The molecular weight excluding hydrogens is 392 g/mol. The average molecular weight is 407 g/mol. The van der Waals surface area contributed by atoms with Crippen LogP contribution in [0, 0.1) is 17.5 Å². The van der Waals surface area contributed by atoms with Crippen molar-refractivity contribution in [3.05, 3.63) is 69.0 Å². The van der Waals surface area contributed by atoms with Crippen LogP contribution in [0.5, 0.6) is 0 Å². The molecule has 140 valence electrons. The van der Waals surface area contributed by atoms with Crippen LogP contribution in [0.4, 0.5) is 18.0 Å². The molecular formula is C17H15Cl2F3N2O2. The van der Waals surface area contributed by atoms with Gasteiger partial charge in [0.25, 0.3) is 0 Å². The normalized spacial score (nSPS) is 13.2. The Hall–Kier alpha value is -1.96. The SMILES string of the molecule is CC(NC(=O)NCC(O)c1ccc(F)cc1F)c1cc(F)c(Cl)cc1Cl. The first kappa shape index (κ1) is 20.4. The minimum Gasteiger partial charge on any atom is -0.386 e. The van der Waals surface area contributed by atoms with Crippen molar-refractivity contribution in [2.45, 2.75) is 19.1 Å². The molecule has 2 aromatic rings. The second kappa shape index (κ2) is 8.62. The standard InChI is InChI=1S/C17H15Cl2F3N2O2/c1-8(11-5-15(22)13(19)6-12(11)18)24-17(26)23-7-16(25)10-3-2-9(20)4-14(10)21/h2-6,8,16,25H,7H2,1H3,(H2,23,24,26). The number of nitrogens with one attached hydrogen (secondary N) is 2. The van der Waals surface area contributed by atoms with E-state index in [4.69, 9.17) is 23.2 Å². The largest absolute Gasteiger partial charge is 0.386 e. The summed E-state index contributed by atoms with van der Waals surface area (Å²) >= 11 is 11.6. The van der Waals surface area contributed by atoms with Gasteiger partial charge in [-0.3, -0.25) is 0 Å². The molecule has 4 nitrogen and oxygen atoms in total. The summed E-state index contributed by atoms with van der Waals surface area (Å²) in [6.45, 7) is 1.26. The van der Waals surface area contributed by atoms with Crippen LogP contribution in [0.15, 0.2) is 30.3 Å². The lowest BCUT2D eigenvalue weighted by atomic mass is 10.1. The molecule has 2 unspecified atom stereocenters. The highest BCUT2D eigenvalue weighted by Gasteiger charge is 2.18. The van der Waals surface area contributed by atoms with Gasteiger partial charge in [0, 0.05) is 23.2 Å². The first-order chi connectivity index (χ1) is 12.2. The summed E-state index contributed by atoms with van der Waals surface area (Å²) < 4.78 is 40.0. The molecule has 0 aromatic heterocycles. The van der Waals surface area contributed by atoms with Crippen LogP contribution in [0.1, 0.15) is 30.2 Å². The Balaban J connectivity index is 1.95. The molecule has 0 fully saturated rings. The second-order valence-electron chi connectivity index (χ2n) is 5.55. The van der Waals surface area contributed by atoms with Crippen LogP contribution in [0.2, 0.25) is 10.0 Å². The number of hydrogen-bond donors (Lipinski definition) is 3. The third-order valence-electron chi connectivity index (χ3n) is 3.63. The molecule has 9 heteroatoms. The van der Waals surface area contributed by atoms with Crippen molar-refractivity contribution >= 4 is 29.2 Å². The zero-order chi connectivity index (χ0) is 19.4. The Bertz CT molecular complexity index is 821. The van der Waals surface area contributed by atoms with E-state index in [0.29, 0.717) is 11.6 Å². The molecule has 0 aliphatic rings. The van der Waals surface area contributed by atoms with Gasteiger partial charge in [-0.1, -0.05) is 29.3 Å². The van der Waals surface area contributed by atoms with Crippen LogP contribution < -0.4 is 10.6 Å². The van der Waals surface area contributed by atoms with Crippen LogP contribution in [-0.4, -0.2) is 17.7 Å². The lowest BCUT2D eigenvalue weighted by molar-refractivity contribution is 0.168. The van der Waals surface area contributed by atoms with Crippen LogP contribution >= 0.6 is 23.2 Å². The van der Waals surface area contributed by atoms with Gasteiger partial charge in [-0.25, -0.2) is 18.0 Å². The average Bonchev–Trinajstić information content (AvgIpc) is 2.55. The molecule has 26 heavy (non-hydrogen) atoms. The van der Waals surface area contributed by atoms with Gasteiger partial charge in [-0.05, 0) is 30.7 Å². The zero-order valence-corrected chi connectivity index (χ0v) is 15.0. The number of aliphatic hydroxyl groups excluding tert-OH is 1. The van der Waals surface area contributed by atoms with Crippen molar-refractivity contribution < 1.29 is 23.1 Å². The summed E-state index contributed by atoms with van der Waals surface area (Å²) in [6, 6.07) is 3.72. The van der Waals surface area contributed by atoms with Gasteiger partial charge in [0.15, 0.2) is 0 Å². The molecule has 0 saturated carbocycles. The second-order valence-corrected chi connectivity index (χ2v) is 6.36. The van der Waals surface area contributed by atoms with Crippen molar-refractivity contribution in [1.29, 1.82) is 0 Å². The molecule has 0 bridgehead atoms. The van der Waals surface area contributed by atoms with Crippen molar-refractivity contribution in [1.82, 2.24) is 10.6 Å². The van der Waals surface area contributed by atoms with Gasteiger partial charge < -0.3 is 15.7 Å². The number of aliphatic hydroxyl groups is 1. The summed E-state index contributed by atoms with van der Waals surface area (Å²) in [7, 11) is 0. The van der Waals surface area contributed by atoms with E-state index in [0.717, 1.165) is 18.2 Å². The molecule has 2 rings (SSSR count). The maximum absolute atomic E-state index is 13.6. The summed E-state index contributed by atoms with van der Waals surface area (Å²) in [6.07, 6.45) is -1.37. The van der Waals surface area contributed by atoms with Gasteiger partial charge in [-0.15, -0.1) is 0 Å². The fourth-order valence-electron chi connectivity index (χ4n) is 2.27. The highest BCUT2D eigenvalue weighted by atomic mass is 35.5. The number of rotatable bonds is 5. The highest BCUT2D eigenvalue weighted by Crippen LogP contribution is 2.28. The maximum atomic E-state index is 13.6. The third kappa shape index (κ3) is 5.03. The van der Waals surface area contributed by atoms with Crippen molar-refractivity contribution in [2.75, 3.05) is 6.54 Å². The van der Waals surface area contributed by atoms with Gasteiger partial charge in [0.05, 0.1) is 17.2 Å². The van der Waals surface area contributed by atoms with Crippen LogP contribution in [0.25, 0.3) is 0 Å². The number of benzene rings is 2. The predicted octanol–water partition coefficient (Wildman–Crippen LogP) is 4.50. The lowest BCUT2D eigenvalue weighted by Gasteiger charge is -2.18. The Kier molecular flexibility index (Phi) is 6.75. The number of hydrogen-bond acceptors (Lipinski definition) is 2. The maximum Gasteiger partial charge on any atom is 0.315 e. The molecule has 3 N–H and O–H groups in total. The Morgan fingerprint density at radius 1 is 1.08 bits per heavy atom. The summed E-state index contributed by atoms with van der Waals surface area (Å²) in [4.78, 5) is 11.9. The predicted molar refractivity (Wildman–Crippen MR) is 92.7 cm³/mol. The highest BCUT2D eigenvalue weighted by molar-refractivity contribution is 6.35. The van der Waals surface area contributed by atoms with E-state index in [9.17, 15) is 23.1 Å². The minimum atomic E-state index is -1.37. The molecule has 0 spiro atoms. The quantitative estimate of drug-likeness (QED) is 0.639. The smallest absolute Gasteiger partial charge is 0.315 e. The first-order valence-electron chi connectivity index (χ1n) is 7.51. The fraction of sp³-hybridized carbons (Fsp3) is 0.235. The van der Waals surface area contributed by atoms with E-state index in [2.05, 4.69) is 10.6 Å². The fourth-order valence-corrected chi connectivity index (χ4v) is 2.81. The van der Waals surface area contributed by atoms with Gasteiger partial charge in [0.2, 0.25) is 0 Å². The summed E-state index contributed by atoms with van der Waals surface area (Å²) in [5.41, 5.74) is 0.163. The Labute approximate surface area is 157 Å². The Morgan fingerprint density at radius 3 is 2.42 bits per heavy atom. The molecule has 0 aliphatic heterocycles. The van der Waals surface area contributed by atoms with E-state index >= 15 is 0 Å². The number of carbonyl (C=O) groups is 1. The van der Waals surface area contributed by atoms with Crippen LogP contribution in [-0.2, 0) is 0 Å². The van der Waals surface area contributed by atoms with Crippen molar-refractivity contribution in [2.24, 2.45) is 0 Å². The van der Waals surface area contributed by atoms with E-state index in [1.807, 2.05) is 0 Å². The monoisotopic (exact) mass is 406 g/mol. The number of halogens is 5. The van der Waals surface area contributed by atoms with E-state index < -0.39 is 35.6 Å². The molecule has 0 saturated heterocycles. The molecule has 0 radical (unpaired) electrons. The van der Waals surface area contributed by atoms with E-state index in [1.54, 1.807) is 6.92 Å². The molecule has 2 atom stereocenters. The minimum absolute atomic E-state index is 0.139. The lowest BCUT2D eigenvalue weighted by Crippen LogP contribution is -2.39. The van der Waals surface area contributed by atoms with Crippen molar-refractivity contribution in [3.63, 3.8) is 0 Å². The van der Waals surface area contributed by atoms with Crippen molar-refractivity contribution in [3.8, 4) is 0 Å². The zero-order valence-electron chi connectivity index (χ0n) is 13.5. The number of urea groups is 1. The summed E-state index contributed by atoms with van der Waals surface area (Å²) in [5, 5.41) is 14.8. The Morgan fingerprint density at radius 2 is 1.77 bits per heavy atom. The third-order valence-corrected chi connectivity index (χ3v) is 4.25. The number of carbonyl (C=O) groups excluding carboxylic acids is 1. The van der Waals surface area contributed by atoms with Crippen LogP contribution in [0.3, 0.4) is 0 Å². The van der Waals surface area contributed by atoms with Gasteiger partial charge in [-0.2, -0.15) is 0 Å². The van der Waals surface area contributed by atoms with E-state index in [-0.39, 0.29) is 22.2 Å². The van der Waals surface area contributed by atoms with Gasteiger partial charge >= 0.3 is 6.03 Å². The molecule has 2 amide bonds. The van der Waals surface area contributed by atoms with Gasteiger partial charge in [0.1, 0.15) is 17.5 Å². The topological polar surface area (TPSA) is 61.4 Å². The first-order valence-corrected chi connectivity index (χ1v) is 8.26. The number of amides is 2. The summed E-state index contributed by atoms with van der Waals surface area (Å²) in [5.74, 6) is -2.37. The molecule has 0 aliphatic carbocycles.